The fourth-order valence-corrected chi connectivity index (χ4v) is 4.45. The number of hydrogen-bond acceptors (Lipinski definition) is 5. The summed E-state index contributed by atoms with van der Waals surface area (Å²) in [5.41, 5.74) is 2.61. The van der Waals surface area contributed by atoms with Gasteiger partial charge >= 0.3 is 5.69 Å². The molecule has 1 aliphatic heterocycles. The largest absolute Gasteiger partial charge is 0.497 e. The molecule has 1 N–H and O–H groups in total. The third-order valence-electron chi connectivity index (χ3n) is 6.15. The molecule has 2 aromatic carbocycles. The van der Waals surface area contributed by atoms with Crippen molar-refractivity contribution in [2.24, 2.45) is 0 Å². The Bertz CT molecular complexity index is 1130. The summed E-state index contributed by atoms with van der Waals surface area (Å²) in [7, 11) is 1.65. The summed E-state index contributed by atoms with van der Waals surface area (Å²) >= 11 is 0. The lowest BCUT2D eigenvalue weighted by Gasteiger charge is -2.35. The Labute approximate surface area is 193 Å². The summed E-state index contributed by atoms with van der Waals surface area (Å²) < 4.78 is 14.1. The number of carbonyl (C=O) groups is 1. The summed E-state index contributed by atoms with van der Waals surface area (Å²) in [6.45, 7) is 6.07. The third kappa shape index (κ3) is 5.12. The molecule has 1 aromatic heterocycles. The van der Waals surface area contributed by atoms with E-state index in [2.05, 4.69) is 10.2 Å². The van der Waals surface area contributed by atoms with E-state index in [-0.39, 0.29) is 24.2 Å². The van der Waals surface area contributed by atoms with Crippen LogP contribution in [0.2, 0.25) is 0 Å². The Kier molecular flexibility index (Phi) is 7.47. The van der Waals surface area contributed by atoms with E-state index in [1.807, 2.05) is 55.5 Å². The van der Waals surface area contributed by atoms with E-state index in [0.29, 0.717) is 26.3 Å². The number of amides is 1. The summed E-state index contributed by atoms with van der Waals surface area (Å²) in [5.74, 6) is 0.620. The molecule has 1 fully saturated rings. The molecule has 1 saturated heterocycles. The van der Waals surface area contributed by atoms with Crippen molar-refractivity contribution >= 4 is 16.9 Å². The Morgan fingerprint density at radius 1 is 1.06 bits per heavy atom. The highest BCUT2D eigenvalue weighted by Gasteiger charge is 2.24. The molecule has 8 heteroatoms. The van der Waals surface area contributed by atoms with Crippen molar-refractivity contribution < 1.29 is 14.3 Å². The number of imidazole rings is 1. The maximum atomic E-state index is 13.0. The highest BCUT2D eigenvalue weighted by molar-refractivity contribution is 5.81. The number of hydrogen-bond donors (Lipinski definition) is 1. The van der Waals surface area contributed by atoms with Crippen LogP contribution in [0.4, 0.5) is 0 Å². The minimum atomic E-state index is -0.178. The second-order valence-electron chi connectivity index (χ2n) is 8.25. The number of fused-ring (bicyclic) bond motifs is 1. The van der Waals surface area contributed by atoms with Crippen LogP contribution in [-0.2, 0) is 22.6 Å². The van der Waals surface area contributed by atoms with Gasteiger partial charge in [0.05, 0.1) is 37.4 Å². The number of ether oxygens (including phenoxy) is 2. The van der Waals surface area contributed by atoms with Gasteiger partial charge < -0.3 is 14.8 Å². The lowest BCUT2D eigenvalue weighted by Crippen LogP contribution is -2.44. The summed E-state index contributed by atoms with van der Waals surface area (Å²) in [4.78, 5) is 28.3. The van der Waals surface area contributed by atoms with Crippen molar-refractivity contribution in [2.75, 3.05) is 40.0 Å². The molecule has 1 unspecified atom stereocenters. The van der Waals surface area contributed by atoms with Gasteiger partial charge in [0.1, 0.15) is 12.3 Å². The number of benzene rings is 2. The molecule has 1 atom stereocenters. The Morgan fingerprint density at radius 2 is 1.73 bits per heavy atom. The van der Waals surface area contributed by atoms with Crippen molar-refractivity contribution in [1.82, 2.24) is 19.4 Å². The number of aryl methyl sites for hydroxylation is 1. The molecule has 0 radical (unpaired) electrons. The molecule has 8 nitrogen and oxygen atoms in total. The number of rotatable bonds is 9. The van der Waals surface area contributed by atoms with Crippen molar-refractivity contribution in [2.45, 2.75) is 32.5 Å². The molecular formula is C25H32N4O4. The second-order valence-corrected chi connectivity index (χ2v) is 8.25. The van der Waals surface area contributed by atoms with E-state index >= 15 is 0 Å². The van der Waals surface area contributed by atoms with Crippen molar-refractivity contribution in [1.29, 1.82) is 0 Å². The first-order valence-electron chi connectivity index (χ1n) is 11.5. The van der Waals surface area contributed by atoms with E-state index < -0.39 is 0 Å². The molecule has 0 bridgehead atoms. The third-order valence-corrected chi connectivity index (χ3v) is 6.15. The molecule has 1 aliphatic rings. The number of nitrogens with zero attached hydrogens (tertiary/aromatic N) is 3. The Morgan fingerprint density at radius 3 is 2.36 bits per heavy atom. The monoisotopic (exact) mass is 452 g/mol. The standard InChI is InChI=1S/C25H32N4O4/c1-3-12-28-21-6-4-5-7-22(21)29(25(28)31)18-24(30)26-17-23(27-13-15-33-16-14-27)19-8-10-20(32-2)11-9-19/h4-11,23H,3,12-18H2,1-2H3,(H,26,30). The zero-order chi connectivity index (χ0) is 23.2. The molecular weight excluding hydrogens is 420 g/mol. The predicted octanol–water partition coefficient (Wildman–Crippen LogP) is 2.41. The highest BCUT2D eigenvalue weighted by Crippen LogP contribution is 2.23. The van der Waals surface area contributed by atoms with Crippen LogP contribution >= 0.6 is 0 Å². The molecule has 0 spiro atoms. The molecule has 2 heterocycles. The van der Waals surface area contributed by atoms with Crippen molar-refractivity contribution in [3.63, 3.8) is 0 Å². The van der Waals surface area contributed by atoms with Gasteiger partial charge in [-0.25, -0.2) is 4.79 Å². The van der Waals surface area contributed by atoms with Gasteiger partial charge in [0, 0.05) is 26.2 Å². The van der Waals surface area contributed by atoms with E-state index in [0.717, 1.165) is 41.9 Å². The van der Waals surface area contributed by atoms with Gasteiger partial charge in [-0.2, -0.15) is 0 Å². The lowest BCUT2D eigenvalue weighted by molar-refractivity contribution is -0.122. The van der Waals surface area contributed by atoms with Crippen LogP contribution in [0, 0.1) is 0 Å². The van der Waals surface area contributed by atoms with Crippen LogP contribution < -0.4 is 15.7 Å². The van der Waals surface area contributed by atoms with Crippen LogP contribution in [0.5, 0.6) is 5.75 Å². The van der Waals surface area contributed by atoms with Gasteiger partial charge in [-0.1, -0.05) is 31.2 Å². The first-order chi connectivity index (χ1) is 16.1. The number of para-hydroxylation sites is 2. The van der Waals surface area contributed by atoms with Gasteiger partial charge in [-0.3, -0.25) is 18.8 Å². The number of morpholine rings is 1. The zero-order valence-electron chi connectivity index (χ0n) is 19.3. The minimum absolute atomic E-state index is 0.00545. The van der Waals surface area contributed by atoms with E-state index in [1.165, 1.54) is 0 Å². The van der Waals surface area contributed by atoms with Gasteiger partial charge in [0.25, 0.3) is 0 Å². The van der Waals surface area contributed by atoms with Crippen LogP contribution in [0.25, 0.3) is 11.0 Å². The molecule has 0 aliphatic carbocycles. The molecule has 176 valence electrons. The van der Waals surface area contributed by atoms with Crippen LogP contribution in [0.15, 0.2) is 53.3 Å². The van der Waals surface area contributed by atoms with Gasteiger partial charge in [0.15, 0.2) is 0 Å². The number of methoxy groups -OCH3 is 1. The van der Waals surface area contributed by atoms with E-state index in [4.69, 9.17) is 9.47 Å². The highest BCUT2D eigenvalue weighted by atomic mass is 16.5. The Hall–Kier alpha value is -3.10. The SMILES string of the molecule is CCCn1c(=O)n(CC(=O)NCC(c2ccc(OC)cc2)N2CCOCC2)c2ccccc21. The lowest BCUT2D eigenvalue weighted by atomic mass is 10.0. The molecule has 1 amide bonds. The maximum Gasteiger partial charge on any atom is 0.329 e. The first kappa shape index (κ1) is 23.1. The summed E-state index contributed by atoms with van der Waals surface area (Å²) in [5, 5.41) is 3.07. The minimum Gasteiger partial charge on any atom is -0.497 e. The predicted molar refractivity (Wildman–Crippen MR) is 128 cm³/mol. The summed E-state index contributed by atoms with van der Waals surface area (Å²) in [6, 6.07) is 15.6. The van der Waals surface area contributed by atoms with E-state index in [1.54, 1.807) is 16.2 Å². The van der Waals surface area contributed by atoms with Crippen molar-refractivity contribution in [3.05, 3.63) is 64.6 Å². The van der Waals surface area contributed by atoms with E-state index in [9.17, 15) is 9.59 Å². The number of nitrogens with one attached hydrogen (secondary N) is 1. The van der Waals surface area contributed by atoms with Crippen LogP contribution in [-0.4, -0.2) is 59.9 Å². The van der Waals surface area contributed by atoms with Gasteiger partial charge in [0.2, 0.25) is 5.91 Å². The topological polar surface area (TPSA) is 77.7 Å². The average molecular weight is 453 g/mol. The average Bonchev–Trinajstić information content (AvgIpc) is 3.11. The maximum absolute atomic E-state index is 13.0. The summed E-state index contributed by atoms with van der Waals surface area (Å²) in [6.07, 6.45) is 0.850. The zero-order valence-corrected chi connectivity index (χ0v) is 19.3. The fraction of sp³-hybridized carbons (Fsp3) is 0.440. The van der Waals surface area contributed by atoms with Crippen LogP contribution in [0.3, 0.4) is 0 Å². The number of carbonyl (C=O) groups excluding carboxylic acids is 1. The number of aromatic nitrogens is 2. The van der Waals surface area contributed by atoms with Gasteiger partial charge in [-0.05, 0) is 36.2 Å². The Balaban J connectivity index is 1.51. The fourth-order valence-electron chi connectivity index (χ4n) is 4.45. The quantitative estimate of drug-likeness (QED) is 0.540. The normalized spacial score (nSPS) is 15.5. The molecule has 4 rings (SSSR count). The van der Waals surface area contributed by atoms with Crippen LogP contribution in [0.1, 0.15) is 24.9 Å². The second kappa shape index (κ2) is 10.7. The molecule has 3 aromatic rings. The van der Waals surface area contributed by atoms with Gasteiger partial charge in [-0.15, -0.1) is 0 Å². The molecule has 33 heavy (non-hydrogen) atoms. The van der Waals surface area contributed by atoms with Crippen molar-refractivity contribution in [3.8, 4) is 5.75 Å². The molecule has 0 saturated carbocycles. The smallest absolute Gasteiger partial charge is 0.329 e. The first-order valence-corrected chi connectivity index (χ1v) is 11.5.